The second kappa shape index (κ2) is 3.85. The van der Waals surface area contributed by atoms with E-state index in [2.05, 4.69) is 0 Å². The summed E-state index contributed by atoms with van der Waals surface area (Å²) in [6.07, 6.45) is 6.03. The highest BCUT2D eigenvalue weighted by atomic mass is 16.5. The van der Waals surface area contributed by atoms with Crippen molar-refractivity contribution in [1.29, 1.82) is 0 Å². The lowest BCUT2D eigenvalue weighted by atomic mass is 10.1. The lowest BCUT2D eigenvalue weighted by Crippen LogP contribution is -2.21. The summed E-state index contributed by atoms with van der Waals surface area (Å²) in [5, 5.41) is 11.9. The maximum atomic E-state index is 10.8. The lowest BCUT2D eigenvalue weighted by molar-refractivity contribution is -0.159. The summed E-state index contributed by atoms with van der Waals surface area (Å²) < 4.78 is 0. The first-order valence-corrected chi connectivity index (χ1v) is 3.82. The van der Waals surface area contributed by atoms with Gasteiger partial charge in [0, 0.05) is 13.1 Å². The van der Waals surface area contributed by atoms with E-state index >= 15 is 0 Å². The molecule has 1 radical (unpaired) electrons. The zero-order chi connectivity index (χ0) is 6.53. The van der Waals surface area contributed by atoms with E-state index in [-0.39, 0.29) is 0 Å². The molecule has 0 aromatic carbocycles. The van der Waals surface area contributed by atoms with Crippen LogP contribution in [0.1, 0.15) is 32.1 Å². The van der Waals surface area contributed by atoms with Gasteiger partial charge in [-0.1, -0.05) is 19.3 Å². The monoisotopic (exact) mass is 128 g/mol. The van der Waals surface area contributed by atoms with Crippen molar-refractivity contribution in [2.24, 2.45) is 0 Å². The largest absolute Gasteiger partial charge is 0.155 e. The van der Waals surface area contributed by atoms with Crippen molar-refractivity contribution >= 4 is 0 Å². The van der Waals surface area contributed by atoms with Crippen LogP contribution in [0.4, 0.5) is 0 Å². The fourth-order valence-electron chi connectivity index (χ4n) is 1.22. The zero-order valence-electron chi connectivity index (χ0n) is 5.81. The van der Waals surface area contributed by atoms with Gasteiger partial charge >= 0.3 is 0 Å². The highest BCUT2D eigenvalue weighted by Gasteiger charge is 2.04. The molecule has 1 aliphatic rings. The van der Waals surface area contributed by atoms with Crippen molar-refractivity contribution in [1.82, 2.24) is 5.06 Å². The first-order chi connectivity index (χ1) is 4.39. The molecular weight excluding hydrogens is 114 g/mol. The zero-order valence-corrected chi connectivity index (χ0v) is 5.81. The summed E-state index contributed by atoms with van der Waals surface area (Å²) >= 11 is 0. The Morgan fingerprint density at radius 1 is 0.778 bits per heavy atom. The van der Waals surface area contributed by atoms with E-state index < -0.39 is 0 Å². The minimum Gasteiger partial charge on any atom is -0.155 e. The molecule has 1 aliphatic heterocycles. The van der Waals surface area contributed by atoms with Gasteiger partial charge in [0.05, 0.1) is 0 Å². The normalized spacial score (nSPS) is 25.0. The minimum absolute atomic E-state index is 0.764. The Hall–Kier alpha value is -0.0800. The fraction of sp³-hybridized carbons (Fsp3) is 1.00. The Balaban J connectivity index is 2.12. The van der Waals surface area contributed by atoms with E-state index in [0.717, 1.165) is 25.9 Å². The third-order valence-corrected chi connectivity index (χ3v) is 1.82. The van der Waals surface area contributed by atoms with Crippen molar-refractivity contribution < 1.29 is 5.21 Å². The molecule has 0 N–H and O–H groups in total. The van der Waals surface area contributed by atoms with Gasteiger partial charge in [-0.15, -0.1) is 5.21 Å². The van der Waals surface area contributed by atoms with Crippen LogP contribution in [0.15, 0.2) is 0 Å². The van der Waals surface area contributed by atoms with E-state index in [1.165, 1.54) is 24.3 Å². The molecule has 0 aromatic rings. The third-order valence-electron chi connectivity index (χ3n) is 1.82. The van der Waals surface area contributed by atoms with Crippen molar-refractivity contribution in [3.63, 3.8) is 0 Å². The molecule has 2 nitrogen and oxygen atoms in total. The topological polar surface area (TPSA) is 23.1 Å². The van der Waals surface area contributed by atoms with Crippen LogP contribution in [0.3, 0.4) is 0 Å². The summed E-state index contributed by atoms with van der Waals surface area (Å²) in [5.74, 6) is 0. The van der Waals surface area contributed by atoms with Crippen LogP contribution < -0.4 is 0 Å². The number of hydrogen-bond acceptors (Lipinski definition) is 1. The molecule has 1 fully saturated rings. The van der Waals surface area contributed by atoms with E-state index in [9.17, 15) is 5.21 Å². The number of hydrogen-bond donors (Lipinski definition) is 0. The number of nitrogens with zero attached hydrogens (tertiary/aromatic N) is 1. The molecule has 0 saturated carbocycles. The molecule has 9 heavy (non-hydrogen) atoms. The average molecular weight is 128 g/mol. The molecule has 0 atom stereocenters. The summed E-state index contributed by atoms with van der Waals surface area (Å²) in [5.41, 5.74) is 0. The van der Waals surface area contributed by atoms with E-state index in [4.69, 9.17) is 0 Å². The molecule has 0 aromatic heterocycles. The summed E-state index contributed by atoms with van der Waals surface area (Å²) in [4.78, 5) is 0. The summed E-state index contributed by atoms with van der Waals surface area (Å²) in [6, 6.07) is 0. The smallest absolute Gasteiger partial charge is 0.0271 e. The highest BCUT2D eigenvalue weighted by molar-refractivity contribution is 4.53. The molecule has 0 spiro atoms. The van der Waals surface area contributed by atoms with Gasteiger partial charge in [-0.2, -0.15) is 5.06 Å². The number of rotatable bonds is 0. The van der Waals surface area contributed by atoms with Crippen LogP contribution in [0.2, 0.25) is 0 Å². The molecule has 0 unspecified atom stereocenters. The van der Waals surface area contributed by atoms with Crippen LogP contribution >= 0.6 is 0 Å². The molecule has 2 heteroatoms. The van der Waals surface area contributed by atoms with E-state index in [1.807, 2.05) is 0 Å². The van der Waals surface area contributed by atoms with E-state index in [1.54, 1.807) is 0 Å². The first-order valence-electron chi connectivity index (χ1n) is 3.82. The molecular formula is C7H14NO. The van der Waals surface area contributed by atoms with Crippen LogP contribution in [-0.2, 0) is 5.21 Å². The maximum absolute atomic E-state index is 10.8. The minimum atomic E-state index is 0.764. The van der Waals surface area contributed by atoms with Gasteiger partial charge in [-0.05, 0) is 12.8 Å². The van der Waals surface area contributed by atoms with Gasteiger partial charge in [-0.3, -0.25) is 0 Å². The van der Waals surface area contributed by atoms with Crippen LogP contribution in [-0.4, -0.2) is 18.2 Å². The first kappa shape index (κ1) is 7.03. The van der Waals surface area contributed by atoms with Gasteiger partial charge < -0.3 is 0 Å². The fourth-order valence-corrected chi connectivity index (χ4v) is 1.22. The molecule has 1 rings (SSSR count). The molecule has 1 saturated heterocycles. The van der Waals surface area contributed by atoms with E-state index in [0.29, 0.717) is 0 Å². The Morgan fingerprint density at radius 3 is 1.78 bits per heavy atom. The molecule has 0 aliphatic carbocycles. The van der Waals surface area contributed by atoms with Crippen LogP contribution in [0.5, 0.6) is 0 Å². The van der Waals surface area contributed by atoms with Crippen molar-refractivity contribution in [2.75, 3.05) is 13.1 Å². The lowest BCUT2D eigenvalue weighted by Gasteiger charge is -2.14. The SMILES string of the molecule is [O]N1CCCCCCC1. The Morgan fingerprint density at radius 2 is 1.22 bits per heavy atom. The second-order valence-electron chi connectivity index (χ2n) is 2.70. The molecule has 0 bridgehead atoms. The Bertz CT molecular complexity index is 67.3. The quantitative estimate of drug-likeness (QED) is 0.486. The van der Waals surface area contributed by atoms with Gasteiger partial charge in [0.2, 0.25) is 0 Å². The molecule has 53 valence electrons. The highest BCUT2D eigenvalue weighted by Crippen LogP contribution is 2.08. The maximum Gasteiger partial charge on any atom is 0.0271 e. The van der Waals surface area contributed by atoms with Crippen LogP contribution in [0.25, 0.3) is 0 Å². The Kier molecular flexibility index (Phi) is 3.01. The van der Waals surface area contributed by atoms with Gasteiger partial charge in [0.15, 0.2) is 0 Å². The summed E-state index contributed by atoms with van der Waals surface area (Å²) in [6.45, 7) is 1.53. The Labute approximate surface area is 56.4 Å². The summed E-state index contributed by atoms with van der Waals surface area (Å²) in [7, 11) is 0. The molecule has 1 heterocycles. The van der Waals surface area contributed by atoms with Crippen molar-refractivity contribution in [2.45, 2.75) is 32.1 Å². The van der Waals surface area contributed by atoms with Gasteiger partial charge in [0.1, 0.15) is 0 Å². The second-order valence-corrected chi connectivity index (χ2v) is 2.70. The van der Waals surface area contributed by atoms with Gasteiger partial charge in [-0.25, -0.2) is 0 Å². The standard InChI is InChI=1S/C7H14NO/c9-8-6-4-2-1-3-5-7-8/h1-7H2. The third kappa shape index (κ3) is 2.82. The number of hydroxylamine groups is 2. The van der Waals surface area contributed by atoms with Crippen LogP contribution in [0, 0.1) is 0 Å². The predicted molar refractivity (Wildman–Crippen MR) is 35.3 cm³/mol. The molecule has 0 amide bonds. The average Bonchev–Trinajstić information content (AvgIpc) is 1.79. The van der Waals surface area contributed by atoms with Crippen molar-refractivity contribution in [3.8, 4) is 0 Å². The van der Waals surface area contributed by atoms with Crippen molar-refractivity contribution in [3.05, 3.63) is 0 Å². The predicted octanol–water partition coefficient (Wildman–Crippen LogP) is 1.60. The van der Waals surface area contributed by atoms with Gasteiger partial charge in [0.25, 0.3) is 0 Å².